The van der Waals surface area contributed by atoms with Crippen LogP contribution in [0.5, 0.6) is 11.5 Å². The van der Waals surface area contributed by atoms with E-state index in [-0.39, 0.29) is 17.6 Å². The Morgan fingerprint density at radius 2 is 2.00 bits per heavy atom. The number of thioether (sulfide) groups is 1. The molecule has 1 amide bonds. The zero-order valence-corrected chi connectivity index (χ0v) is 17.4. The lowest BCUT2D eigenvalue weighted by molar-refractivity contribution is 0.0617. The van der Waals surface area contributed by atoms with Crippen molar-refractivity contribution < 1.29 is 14.3 Å². The maximum Gasteiger partial charge on any atom is 0.252 e. The number of carbonyl (C=O) groups excluding carboxylic acids is 1. The summed E-state index contributed by atoms with van der Waals surface area (Å²) in [6, 6.07) is 13.4. The van der Waals surface area contributed by atoms with Crippen molar-refractivity contribution >= 4 is 17.7 Å². The summed E-state index contributed by atoms with van der Waals surface area (Å²) in [5.74, 6) is 1.49. The second kappa shape index (κ2) is 7.85. The van der Waals surface area contributed by atoms with Gasteiger partial charge in [-0.25, -0.2) is 0 Å². The van der Waals surface area contributed by atoms with Crippen molar-refractivity contribution in [3.05, 3.63) is 53.6 Å². The zero-order valence-electron chi connectivity index (χ0n) is 16.5. The highest BCUT2D eigenvalue weighted by atomic mass is 32.2. The van der Waals surface area contributed by atoms with Crippen molar-refractivity contribution in [1.29, 1.82) is 0 Å². The molecule has 0 unspecified atom stereocenters. The first-order valence-corrected chi connectivity index (χ1v) is 10.1. The van der Waals surface area contributed by atoms with Crippen molar-refractivity contribution in [1.82, 2.24) is 5.32 Å². The molecule has 0 fully saturated rings. The van der Waals surface area contributed by atoms with Crippen LogP contribution in [0.15, 0.2) is 47.4 Å². The molecule has 0 saturated carbocycles. The summed E-state index contributed by atoms with van der Waals surface area (Å²) in [6.45, 7) is 8.34. The van der Waals surface area contributed by atoms with Gasteiger partial charge < -0.3 is 14.8 Å². The van der Waals surface area contributed by atoms with E-state index < -0.39 is 0 Å². The topological polar surface area (TPSA) is 47.6 Å². The molecule has 2 aromatic rings. The third-order valence-electron chi connectivity index (χ3n) is 4.47. The van der Waals surface area contributed by atoms with Gasteiger partial charge >= 0.3 is 0 Å². The van der Waals surface area contributed by atoms with E-state index in [0.717, 1.165) is 22.0 Å². The molecule has 0 aliphatic carbocycles. The highest BCUT2D eigenvalue weighted by Gasteiger charge is 2.35. The van der Waals surface area contributed by atoms with E-state index in [9.17, 15) is 4.79 Å². The van der Waals surface area contributed by atoms with E-state index >= 15 is 0 Å². The molecular formula is C22H27NO3S. The molecule has 0 radical (unpaired) electrons. The lowest BCUT2D eigenvalue weighted by atomic mass is 9.89. The van der Waals surface area contributed by atoms with Gasteiger partial charge in [0.15, 0.2) is 0 Å². The summed E-state index contributed by atoms with van der Waals surface area (Å²) in [7, 11) is 1.64. The van der Waals surface area contributed by atoms with Gasteiger partial charge in [-0.05, 0) is 44.2 Å². The Morgan fingerprint density at radius 1 is 1.26 bits per heavy atom. The molecule has 4 nitrogen and oxygen atoms in total. The Labute approximate surface area is 165 Å². The largest absolute Gasteiger partial charge is 0.497 e. The lowest BCUT2D eigenvalue weighted by Gasteiger charge is -2.38. The molecule has 0 spiro atoms. The molecule has 1 heterocycles. The van der Waals surface area contributed by atoms with Crippen LogP contribution in [-0.2, 0) is 0 Å². The fourth-order valence-corrected chi connectivity index (χ4v) is 4.29. The van der Waals surface area contributed by atoms with Gasteiger partial charge in [-0.2, -0.15) is 0 Å². The number of carbonyl (C=O) groups is 1. The Bertz CT molecular complexity index is 832. The van der Waals surface area contributed by atoms with Crippen LogP contribution in [0, 0.1) is 0 Å². The van der Waals surface area contributed by atoms with Gasteiger partial charge in [0.2, 0.25) is 0 Å². The van der Waals surface area contributed by atoms with Gasteiger partial charge in [-0.3, -0.25) is 4.79 Å². The zero-order chi connectivity index (χ0) is 19.6. The number of fused-ring (bicyclic) bond motifs is 1. The summed E-state index contributed by atoms with van der Waals surface area (Å²) in [4.78, 5) is 14.1. The minimum absolute atomic E-state index is 0.0600. The van der Waals surface area contributed by atoms with Crippen LogP contribution in [0.4, 0.5) is 0 Å². The van der Waals surface area contributed by atoms with Crippen molar-refractivity contribution in [2.45, 2.75) is 55.9 Å². The molecule has 1 atom stereocenters. The number of nitrogens with one attached hydrogen (secondary N) is 1. The summed E-state index contributed by atoms with van der Waals surface area (Å²) >= 11 is 1.70. The van der Waals surface area contributed by atoms with Crippen molar-refractivity contribution in [3.63, 3.8) is 0 Å². The number of hydrogen-bond acceptors (Lipinski definition) is 4. The Morgan fingerprint density at radius 3 is 2.70 bits per heavy atom. The van der Waals surface area contributed by atoms with Gasteiger partial charge in [-0.15, -0.1) is 11.8 Å². The molecule has 0 bridgehead atoms. The number of hydrogen-bond donors (Lipinski definition) is 1. The molecular weight excluding hydrogens is 358 g/mol. The summed E-state index contributed by atoms with van der Waals surface area (Å²) < 4.78 is 11.5. The van der Waals surface area contributed by atoms with Crippen LogP contribution >= 0.6 is 11.8 Å². The first kappa shape index (κ1) is 19.6. The van der Waals surface area contributed by atoms with E-state index in [2.05, 4.69) is 19.2 Å². The van der Waals surface area contributed by atoms with Gasteiger partial charge in [0.1, 0.15) is 17.1 Å². The van der Waals surface area contributed by atoms with Crippen molar-refractivity contribution in [2.24, 2.45) is 0 Å². The Hall–Kier alpha value is -2.14. The average Bonchev–Trinajstić information content (AvgIpc) is 2.60. The van der Waals surface area contributed by atoms with Gasteiger partial charge in [0.25, 0.3) is 5.91 Å². The molecule has 27 heavy (non-hydrogen) atoms. The van der Waals surface area contributed by atoms with Gasteiger partial charge in [0, 0.05) is 22.1 Å². The molecule has 1 N–H and O–H groups in total. The molecule has 2 aromatic carbocycles. The first-order chi connectivity index (χ1) is 12.8. The maximum atomic E-state index is 13.1. The third-order valence-corrected chi connectivity index (χ3v) is 5.56. The molecule has 1 aliphatic rings. The third kappa shape index (κ3) is 4.59. The summed E-state index contributed by atoms with van der Waals surface area (Å²) in [5.41, 5.74) is 1.31. The van der Waals surface area contributed by atoms with Crippen LogP contribution in [0.25, 0.3) is 0 Å². The van der Waals surface area contributed by atoms with Gasteiger partial charge in [-0.1, -0.05) is 26.0 Å². The van der Waals surface area contributed by atoms with Crippen LogP contribution in [0.1, 0.15) is 56.1 Å². The highest BCUT2D eigenvalue weighted by Crippen LogP contribution is 2.41. The lowest BCUT2D eigenvalue weighted by Crippen LogP contribution is -2.41. The predicted molar refractivity (Wildman–Crippen MR) is 110 cm³/mol. The number of benzene rings is 2. The van der Waals surface area contributed by atoms with E-state index in [0.29, 0.717) is 17.2 Å². The molecule has 3 rings (SSSR count). The second-order valence-corrected chi connectivity index (χ2v) is 9.28. The molecule has 1 aliphatic heterocycles. The first-order valence-electron chi connectivity index (χ1n) is 9.22. The fraction of sp³-hybridized carbons (Fsp3) is 0.409. The average molecular weight is 386 g/mol. The van der Waals surface area contributed by atoms with E-state index in [4.69, 9.17) is 9.47 Å². The second-order valence-electron chi connectivity index (χ2n) is 7.66. The van der Waals surface area contributed by atoms with Crippen LogP contribution in [0.2, 0.25) is 0 Å². The van der Waals surface area contributed by atoms with Crippen molar-refractivity contribution in [2.75, 3.05) is 7.11 Å². The summed E-state index contributed by atoms with van der Waals surface area (Å²) in [6.07, 6.45) is 0.693. The molecule has 5 heteroatoms. The monoisotopic (exact) mass is 385 g/mol. The minimum Gasteiger partial charge on any atom is -0.497 e. The van der Waals surface area contributed by atoms with E-state index in [1.165, 1.54) is 0 Å². The number of methoxy groups -OCH3 is 1. The minimum atomic E-state index is -0.355. The summed E-state index contributed by atoms with van der Waals surface area (Å²) in [5, 5.41) is 3.63. The van der Waals surface area contributed by atoms with Crippen LogP contribution in [-0.4, -0.2) is 23.9 Å². The van der Waals surface area contributed by atoms with Crippen LogP contribution < -0.4 is 14.8 Å². The molecule has 0 saturated heterocycles. The van der Waals surface area contributed by atoms with Gasteiger partial charge in [0.05, 0.1) is 18.7 Å². The van der Waals surface area contributed by atoms with Crippen LogP contribution in [0.3, 0.4) is 0 Å². The number of rotatable bonds is 5. The highest BCUT2D eigenvalue weighted by molar-refractivity contribution is 8.00. The smallest absolute Gasteiger partial charge is 0.252 e. The number of amides is 1. The van der Waals surface area contributed by atoms with E-state index in [1.54, 1.807) is 18.9 Å². The Balaban J connectivity index is 1.90. The maximum absolute atomic E-state index is 13.1. The SMILES string of the molecule is COc1ccc2c(c1)[C@@H](NC(=O)c1ccccc1SC(C)C)CC(C)(C)O2. The van der Waals surface area contributed by atoms with Crippen molar-refractivity contribution in [3.8, 4) is 11.5 Å². The standard InChI is InChI=1S/C22H27NO3S/c1-14(2)27-20-9-7-6-8-16(20)21(24)23-18-13-22(3,4)26-19-11-10-15(25-5)12-17(18)19/h6-12,14,18H,13H2,1-5H3,(H,23,24)/t18-/m0/s1. The Kier molecular flexibility index (Phi) is 5.70. The number of ether oxygens (including phenoxy) is 2. The van der Waals surface area contributed by atoms with E-state index in [1.807, 2.05) is 56.3 Å². The fourth-order valence-electron chi connectivity index (χ4n) is 3.34. The molecule has 0 aromatic heterocycles. The quantitative estimate of drug-likeness (QED) is 0.716. The predicted octanol–water partition coefficient (Wildman–Crippen LogP) is 5.23. The normalized spacial score (nSPS) is 17.8. The molecule has 144 valence electrons.